The van der Waals surface area contributed by atoms with Gasteiger partial charge in [0.1, 0.15) is 5.84 Å². The van der Waals surface area contributed by atoms with Crippen LogP contribution in [0.25, 0.3) is 12.2 Å². The first kappa shape index (κ1) is 26.1. The van der Waals surface area contributed by atoms with E-state index < -0.39 is 0 Å². The molecule has 0 saturated carbocycles. The van der Waals surface area contributed by atoms with Crippen molar-refractivity contribution < 1.29 is 4.74 Å². The fourth-order valence-electron chi connectivity index (χ4n) is 4.73. The van der Waals surface area contributed by atoms with E-state index in [4.69, 9.17) is 26.3 Å². The number of morpholine rings is 1. The number of nitrogens with one attached hydrogen (secondary N) is 1. The summed E-state index contributed by atoms with van der Waals surface area (Å²) in [7, 11) is 0. The first-order chi connectivity index (χ1) is 17.6. The molecular formula is C29H36ClN5O. The smallest absolute Gasteiger partial charge is 0.176 e. The minimum absolute atomic E-state index is 0.274. The van der Waals surface area contributed by atoms with Gasteiger partial charge < -0.3 is 9.64 Å². The molecule has 1 fully saturated rings. The molecule has 2 aliphatic heterocycles. The summed E-state index contributed by atoms with van der Waals surface area (Å²) in [5, 5.41) is 8.17. The van der Waals surface area contributed by atoms with Gasteiger partial charge in [-0.25, -0.2) is 9.98 Å². The van der Waals surface area contributed by atoms with Gasteiger partial charge in [-0.1, -0.05) is 61.4 Å². The van der Waals surface area contributed by atoms with E-state index in [0.717, 1.165) is 67.7 Å². The van der Waals surface area contributed by atoms with E-state index in [9.17, 15) is 0 Å². The Hall–Kier alpha value is -2.96. The average Bonchev–Trinajstić information content (AvgIpc) is 3.34. The molecule has 0 radical (unpaired) electrons. The topological polar surface area (TPSA) is 65.9 Å². The number of aromatic amines is 1. The molecule has 0 spiro atoms. The zero-order valence-corrected chi connectivity index (χ0v) is 22.2. The number of aromatic nitrogens is 2. The maximum Gasteiger partial charge on any atom is 0.176 e. The molecule has 3 heterocycles. The number of allylic oxidation sites excluding steroid dienone is 3. The van der Waals surface area contributed by atoms with Crippen LogP contribution in [0.4, 0.5) is 5.82 Å². The Morgan fingerprint density at radius 1 is 1.22 bits per heavy atom. The highest BCUT2D eigenvalue weighted by molar-refractivity contribution is 6.30. The van der Waals surface area contributed by atoms with Gasteiger partial charge in [-0.05, 0) is 55.5 Å². The van der Waals surface area contributed by atoms with Gasteiger partial charge in [0.05, 0.1) is 18.9 Å². The molecule has 36 heavy (non-hydrogen) atoms. The molecule has 4 rings (SSSR count). The standard InChI is InChI=1S/C29H36ClN5O/c1-4-7-25-20-28(34-33-25)31-27-19-23(5-2)26(12-11-22-8-6-9-24(30)18-22)21(3)10-13-29(32-27)35-14-16-36-17-15-35/h4,6-9,11-12,18-21,26H,5,10,13-17H2,1-3H3,(H,33,34)/b7-4+,12-11+,23-19?,31-27?,32-29?. The van der Waals surface area contributed by atoms with Crippen molar-refractivity contribution in [2.45, 2.75) is 40.0 Å². The van der Waals surface area contributed by atoms with Gasteiger partial charge in [-0.3, -0.25) is 5.10 Å². The van der Waals surface area contributed by atoms with Gasteiger partial charge in [-0.15, -0.1) is 0 Å². The zero-order valence-electron chi connectivity index (χ0n) is 21.5. The lowest BCUT2D eigenvalue weighted by Gasteiger charge is -2.30. The summed E-state index contributed by atoms with van der Waals surface area (Å²) in [5.74, 6) is 3.13. The van der Waals surface area contributed by atoms with Crippen LogP contribution >= 0.6 is 11.6 Å². The minimum Gasteiger partial charge on any atom is -0.378 e. The number of benzene rings is 1. The van der Waals surface area contributed by atoms with Gasteiger partial charge >= 0.3 is 0 Å². The van der Waals surface area contributed by atoms with Crippen LogP contribution in [0.1, 0.15) is 51.3 Å². The molecule has 2 aliphatic rings. The van der Waals surface area contributed by atoms with Crippen LogP contribution in [0.15, 0.2) is 64.1 Å². The highest BCUT2D eigenvalue weighted by Crippen LogP contribution is 2.31. The predicted molar refractivity (Wildman–Crippen MR) is 151 cm³/mol. The van der Waals surface area contributed by atoms with Crippen molar-refractivity contribution in [1.82, 2.24) is 15.1 Å². The molecule has 0 amide bonds. The summed E-state index contributed by atoms with van der Waals surface area (Å²) in [5.41, 5.74) is 3.35. The summed E-state index contributed by atoms with van der Waals surface area (Å²) in [6.45, 7) is 9.71. The molecule has 1 N–H and O–H groups in total. The van der Waals surface area contributed by atoms with E-state index >= 15 is 0 Å². The third kappa shape index (κ3) is 7.05. The monoisotopic (exact) mass is 505 g/mol. The molecule has 190 valence electrons. The van der Waals surface area contributed by atoms with E-state index in [1.54, 1.807) is 0 Å². The lowest BCUT2D eigenvalue weighted by molar-refractivity contribution is 0.0671. The second-order valence-electron chi connectivity index (χ2n) is 9.31. The van der Waals surface area contributed by atoms with E-state index in [1.165, 1.54) is 5.57 Å². The third-order valence-corrected chi connectivity index (χ3v) is 6.95. The maximum absolute atomic E-state index is 6.23. The van der Waals surface area contributed by atoms with E-state index in [-0.39, 0.29) is 5.92 Å². The van der Waals surface area contributed by atoms with Crippen LogP contribution in [0.2, 0.25) is 5.02 Å². The summed E-state index contributed by atoms with van der Waals surface area (Å²) in [6, 6.07) is 9.93. The molecule has 7 heteroatoms. The Kier molecular flexibility index (Phi) is 9.31. The number of nitrogens with zero attached hydrogens (tertiary/aromatic N) is 4. The summed E-state index contributed by atoms with van der Waals surface area (Å²) in [4.78, 5) is 12.3. The summed E-state index contributed by atoms with van der Waals surface area (Å²) < 4.78 is 5.60. The normalized spacial score (nSPS) is 23.0. The molecular weight excluding hydrogens is 470 g/mol. The van der Waals surface area contributed by atoms with E-state index in [2.05, 4.69) is 53.2 Å². The second-order valence-corrected chi connectivity index (χ2v) is 9.74. The highest BCUT2D eigenvalue weighted by atomic mass is 35.5. The van der Waals surface area contributed by atoms with Crippen molar-refractivity contribution in [2.75, 3.05) is 26.3 Å². The van der Waals surface area contributed by atoms with Crippen LogP contribution in [0.3, 0.4) is 0 Å². The number of aliphatic imine (C=N–C) groups is 2. The van der Waals surface area contributed by atoms with Gasteiger partial charge in [0, 0.05) is 36.5 Å². The first-order valence-electron chi connectivity index (χ1n) is 12.9. The van der Waals surface area contributed by atoms with Crippen LogP contribution in [0, 0.1) is 11.8 Å². The first-order valence-corrected chi connectivity index (χ1v) is 13.2. The zero-order chi connectivity index (χ0) is 25.3. The fourth-order valence-corrected chi connectivity index (χ4v) is 4.93. The number of ether oxygens (including phenoxy) is 1. The summed E-state index contributed by atoms with van der Waals surface area (Å²) >= 11 is 6.23. The summed E-state index contributed by atoms with van der Waals surface area (Å²) in [6.07, 6.45) is 13.5. The van der Waals surface area contributed by atoms with Crippen LogP contribution < -0.4 is 0 Å². The Bertz CT molecular complexity index is 1170. The Morgan fingerprint density at radius 3 is 2.81 bits per heavy atom. The minimum atomic E-state index is 0.274. The average molecular weight is 506 g/mol. The Labute approximate surface area is 219 Å². The highest BCUT2D eigenvalue weighted by Gasteiger charge is 2.24. The van der Waals surface area contributed by atoms with Crippen molar-refractivity contribution in [3.63, 3.8) is 0 Å². The van der Waals surface area contributed by atoms with Crippen molar-refractivity contribution >= 4 is 41.2 Å². The lowest BCUT2D eigenvalue weighted by atomic mass is 9.82. The van der Waals surface area contributed by atoms with E-state index in [1.807, 2.05) is 43.3 Å². The predicted octanol–water partition coefficient (Wildman–Crippen LogP) is 6.95. The number of halogens is 1. The molecule has 6 nitrogen and oxygen atoms in total. The van der Waals surface area contributed by atoms with Gasteiger partial charge in [-0.2, -0.15) is 5.10 Å². The fraction of sp³-hybridized carbons (Fsp3) is 0.414. The van der Waals surface area contributed by atoms with Crippen molar-refractivity contribution in [2.24, 2.45) is 21.8 Å². The van der Waals surface area contributed by atoms with Gasteiger partial charge in [0.15, 0.2) is 11.7 Å². The van der Waals surface area contributed by atoms with Gasteiger partial charge in [0.25, 0.3) is 0 Å². The number of amidine groups is 2. The quantitative estimate of drug-likeness (QED) is 0.478. The van der Waals surface area contributed by atoms with Crippen molar-refractivity contribution in [3.05, 3.63) is 70.4 Å². The van der Waals surface area contributed by atoms with Crippen LogP contribution in [-0.2, 0) is 4.74 Å². The molecule has 0 aliphatic carbocycles. The second kappa shape index (κ2) is 12.8. The third-order valence-electron chi connectivity index (χ3n) is 6.71. The van der Waals surface area contributed by atoms with Crippen LogP contribution in [-0.4, -0.2) is 53.1 Å². The van der Waals surface area contributed by atoms with E-state index in [0.29, 0.717) is 17.6 Å². The number of rotatable bonds is 5. The van der Waals surface area contributed by atoms with Crippen LogP contribution in [0.5, 0.6) is 0 Å². The lowest BCUT2D eigenvalue weighted by Crippen LogP contribution is -2.41. The number of hydrogen-bond donors (Lipinski definition) is 1. The molecule has 2 atom stereocenters. The molecule has 1 aromatic carbocycles. The Morgan fingerprint density at radius 2 is 2.06 bits per heavy atom. The maximum atomic E-state index is 6.23. The van der Waals surface area contributed by atoms with Crippen molar-refractivity contribution in [3.8, 4) is 0 Å². The number of hydrogen-bond acceptors (Lipinski definition) is 4. The molecule has 2 aromatic rings. The SMILES string of the molecule is C/C=C/c1cc(N=C2C=C(CC)C(/C=C/c3cccc(Cl)c3)C(C)CCC(N3CCOCC3)=N2)n[nH]1. The van der Waals surface area contributed by atoms with Crippen molar-refractivity contribution in [1.29, 1.82) is 0 Å². The largest absolute Gasteiger partial charge is 0.378 e. The van der Waals surface area contributed by atoms with Gasteiger partial charge in [0.2, 0.25) is 0 Å². The number of H-pyrrole nitrogens is 1. The molecule has 1 saturated heterocycles. The molecule has 0 bridgehead atoms. The molecule has 2 unspecified atom stereocenters. The Balaban J connectivity index is 1.73. The molecule has 1 aromatic heterocycles.